The molecular formula is C12H8ClNO2. The van der Waals surface area contributed by atoms with Gasteiger partial charge in [-0.2, -0.15) is 0 Å². The molecule has 0 bridgehead atoms. The quantitative estimate of drug-likeness (QED) is 0.604. The van der Waals surface area contributed by atoms with Crippen LogP contribution in [0.1, 0.15) is 10.5 Å². The van der Waals surface area contributed by atoms with Gasteiger partial charge in [0.25, 0.3) is 0 Å². The van der Waals surface area contributed by atoms with Crippen LogP contribution < -0.4 is 0 Å². The fraction of sp³-hybridized carbons (Fsp3) is 0.0833. The number of carbonyl (C=O) groups is 1. The SMILES string of the molecule is Cn1c(C=O)cc2oc3ccc(Cl)cc3c21. The van der Waals surface area contributed by atoms with Gasteiger partial charge >= 0.3 is 0 Å². The Balaban J connectivity index is 2.53. The number of aromatic nitrogens is 1. The summed E-state index contributed by atoms with van der Waals surface area (Å²) < 4.78 is 7.44. The van der Waals surface area contributed by atoms with Crippen molar-refractivity contribution in [2.75, 3.05) is 0 Å². The lowest BCUT2D eigenvalue weighted by atomic mass is 10.2. The molecule has 3 rings (SSSR count). The molecule has 0 aliphatic heterocycles. The molecule has 2 heterocycles. The van der Waals surface area contributed by atoms with Gasteiger partial charge in [-0.1, -0.05) is 11.6 Å². The highest BCUT2D eigenvalue weighted by Crippen LogP contribution is 2.31. The number of aldehydes is 1. The van der Waals surface area contributed by atoms with E-state index in [-0.39, 0.29) is 0 Å². The van der Waals surface area contributed by atoms with Gasteiger partial charge in [-0.05, 0) is 18.2 Å². The van der Waals surface area contributed by atoms with Crippen LogP contribution in [0.2, 0.25) is 5.02 Å². The summed E-state index contributed by atoms with van der Waals surface area (Å²) in [6, 6.07) is 7.19. The first-order valence-corrected chi connectivity index (χ1v) is 5.21. The predicted octanol–water partition coefficient (Wildman–Crippen LogP) is 3.39. The van der Waals surface area contributed by atoms with E-state index in [0.29, 0.717) is 16.3 Å². The second-order valence-electron chi connectivity index (χ2n) is 3.70. The molecular weight excluding hydrogens is 226 g/mol. The average Bonchev–Trinajstić information content (AvgIpc) is 2.76. The molecule has 0 fully saturated rings. The Morgan fingerprint density at radius 2 is 2.12 bits per heavy atom. The van der Waals surface area contributed by atoms with Crippen molar-refractivity contribution in [3.8, 4) is 0 Å². The van der Waals surface area contributed by atoms with E-state index in [1.165, 1.54) is 0 Å². The highest BCUT2D eigenvalue weighted by atomic mass is 35.5. The molecule has 0 aliphatic rings. The lowest BCUT2D eigenvalue weighted by Crippen LogP contribution is -1.93. The minimum Gasteiger partial charge on any atom is -0.454 e. The van der Waals surface area contributed by atoms with Crippen LogP contribution in [0.15, 0.2) is 28.7 Å². The predicted molar refractivity (Wildman–Crippen MR) is 63.1 cm³/mol. The average molecular weight is 234 g/mol. The summed E-state index contributed by atoms with van der Waals surface area (Å²) in [7, 11) is 1.84. The Morgan fingerprint density at radius 1 is 1.31 bits per heavy atom. The maximum Gasteiger partial charge on any atom is 0.166 e. The van der Waals surface area contributed by atoms with E-state index in [4.69, 9.17) is 16.0 Å². The number of carbonyl (C=O) groups excluding carboxylic acids is 1. The molecule has 0 spiro atoms. The van der Waals surface area contributed by atoms with Crippen LogP contribution in [-0.4, -0.2) is 10.9 Å². The summed E-state index contributed by atoms with van der Waals surface area (Å²) in [5, 5.41) is 1.59. The molecule has 0 N–H and O–H groups in total. The van der Waals surface area contributed by atoms with E-state index in [1.54, 1.807) is 12.1 Å². The number of hydrogen-bond acceptors (Lipinski definition) is 2. The number of benzene rings is 1. The van der Waals surface area contributed by atoms with Crippen molar-refractivity contribution in [3.05, 3.63) is 35.0 Å². The maximum absolute atomic E-state index is 10.8. The van der Waals surface area contributed by atoms with Crippen LogP contribution in [0.3, 0.4) is 0 Å². The van der Waals surface area contributed by atoms with Crippen molar-refractivity contribution in [1.29, 1.82) is 0 Å². The van der Waals surface area contributed by atoms with Gasteiger partial charge in [-0.3, -0.25) is 4.79 Å². The molecule has 0 radical (unpaired) electrons. The van der Waals surface area contributed by atoms with Gasteiger partial charge in [0.15, 0.2) is 11.9 Å². The largest absolute Gasteiger partial charge is 0.454 e. The van der Waals surface area contributed by atoms with Crippen molar-refractivity contribution < 1.29 is 9.21 Å². The number of rotatable bonds is 1. The Hall–Kier alpha value is -1.74. The van der Waals surface area contributed by atoms with Crippen LogP contribution in [-0.2, 0) is 7.05 Å². The van der Waals surface area contributed by atoms with Gasteiger partial charge < -0.3 is 8.98 Å². The molecule has 0 unspecified atom stereocenters. The summed E-state index contributed by atoms with van der Waals surface area (Å²) in [4.78, 5) is 10.8. The number of fused-ring (bicyclic) bond motifs is 3. The van der Waals surface area contributed by atoms with Gasteiger partial charge in [0.2, 0.25) is 0 Å². The summed E-state index contributed by atoms with van der Waals surface area (Å²) >= 11 is 5.95. The molecule has 0 aliphatic carbocycles. The monoisotopic (exact) mass is 233 g/mol. The van der Waals surface area contributed by atoms with Crippen molar-refractivity contribution in [3.63, 3.8) is 0 Å². The van der Waals surface area contributed by atoms with Crippen LogP contribution in [0.25, 0.3) is 22.1 Å². The number of furan rings is 1. The normalized spacial score (nSPS) is 11.4. The first-order valence-electron chi connectivity index (χ1n) is 4.83. The molecule has 0 amide bonds. The number of hydrogen-bond donors (Lipinski definition) is 0. The molecule has 0 saturated heterocycles. The summed E-state index contributed by atoms with van der Waals surface area (Å²) in [6.45, 7) is 0. The van der Waals surface area contributed by atoms with Crippen LogP contribution in [0.4, 0.5) is 0 Å². The third kappa shape index (κ3) is 1.12. The van der Waals surface area contributed by atoms with Crippen molar-refractivity contribution in [1.82, 2.24) is 4.57 Å². The zero-order valence-corrected chi connectivity index (χ0v) is 9.28. The molecule has 0 saturated carbocycles. The second kappa shape index (κ2) is 3.12. The Kier molecular flexibility index (Phi) is 1.85. The highest BCUT2D eigenvalue weighted by molar-refractivity contribution is 6.31. The zero-order valence-electron chi connectivity index (χ0n) is 8.53. The topological polar surface area (TPSA) is 35.1 Å². The van der Waals surface area contributed by atoms with Gasteiger partial charge in [0.1, 0.15) is 5.58 Å². The van der Waals surface area contributed by atoms with Crippen molar-refractivity contribution in [2.45, 2.75) is 0 Å². The van der Waals surface area contributed by atoms with E-state index in [0.717, 1.165) is 22.8 Å². The van der Waals surface area contributed by atoms with Crippen LogP contribution >= 0.6 is 11.6 Å². The summed E-state index contributed by atoms with van der Waals surface area (Å²) in [5.74, 6) is 0. The van der Waals surface area contributed by atoms with E-state index in [1.807, 2.05) is 23.7 Å². The number of aryl methyl sites for hydroxylation is 1. The molecule has 3 aromatic rings. The standard InChI is InChI=1S/C12H8ClNO2/c1-14-8(6-15)5-11-12(14)9-4-7(13)2-3-10(9)16-11/h2-6H,1H3. The zero-order chi connectivity index (χ0) is 11.3. The third-order valence-electron chi connectivity index (χ3n) is 2.77. The second-order valence-corrected chi connectivity index (χ2v) is 4.14. The lowest BCUT2D eigenvalue weighted by molar-refractivity contribution is 0.111. The minimum absolute atomic E-state index is 0.593. The van der Waals surface area contributed by atoms with E-state index in [2.05, 4.69) is 0 Å². The molecule has 2 aromatic heterocycles. The van der Waals surface area contributed by atoms with Gasteiger partial charge in [-0.15, -0.1) is 0 Å². The Morgan fingerprint density at radius 3 is 2.88 bits per heavy atom. The Labute approximate surface area is 96.2 Å². The third-order valence-corrected chi connectivity index (χ3v) is 3.01. The van der Waals surface area contributed by atoms with E-state index >= 15 is 0 Å². The smallest absolute Gasteiger partial charge is 0.166 e. The maximum atomic E-state index is 10.8. The molecule has 3 nitrogen and oxygen atoms in total. The first-order chi connectivity index (χ1) is 7.70. The Bertz CT molecular complexity index is 709. The fourth-order valence-electron chi connectivity index (χ4n) is 1.99. The minimum atomic E-state index is 0.593. The summed E-state index contributed by atoms with van der Waals surface area (Å²) in [6.07, 6.45) is 0.811. The van der Waals surface area contributed by atoms with E-state index in [9.17, 15) is 4.79 Å². The molecule has 0 atom stereocenters. The number of halogens is 1. The van der Waals surface area contributed by atoms with Crippen molar-refractivity contribution >= 4 is 40.0 Å². The highest BCUT2D eigenvalue weighted by Gasteiger charge is 2.13. The lowest BCUT2D eigenvalue weighted by Gasteiger charge is -1.96. The van der Waals surface area contributed by atoms with E-state index < -0.39 is 0 Å². The number of nitrogens with zero attached hydrogens (tertiary/aromatic N) is 1. The van der Waals surface area contributed by atoms with Crippen molar-refractivity contribution in [2.24, 2.45) is 7.05 Å². The molecule has 4 heteroatoms. The fourth-order valence-corrected chi connectivity index (χ4v) is 2.16. The van der Waals surface area contributed by atoms with Crippen LogP contribution in [0.5, 0.6) is 0 Å². The first kappa shape index (κ1) is 9.48. The van der Waals surface area contributed by atoms with Crippen LogP contribution in [0, 0.1) is 0 Å². The van der Waals surface area contributed by atoms with Gasteiger partial charge in [0.05, 0.1) is 11.2 Å². The van der Waals surface area contributed by atoms with Gasteiger partial charge in [0, 0.05) is 23.5 Å². The molecule has 16 heavy (non-hydrogen) atoms. The molecule has 1 aromatic carbocycles. The van der Waals surface area contributed by atoms with Gasteiger partial charge in [-0.25, -0.2) is 0 Å². The summed E-state index contributed by atoms with van der Waals surface area (Å²) in [5.41, 5.74) is 2.99. The molecule has 80 valence electrons.